The Hall–Kier alpha value is -5.60. The molecule has 10 nitrogen and oxygen atoms in total. The first kappa shape index (κ1) is 32.6. The van der Waals surface area contributed by atoms with E-state index in [0.717, 1.165) is 35.1 Å². The number of benzene rings is 4. The Morgan fingerprint density at radius 3 is 2.24 bits per heavy atom. The topological polar surface area (TPSA) is 146 Å². The van der Waals surface area contributed by atoms with Crippen molar-refractivity contribution in [2.45, 2.75) is 48.0 Å². The maximum absolute atomic E-state index is 13.5. The van der Waals surface area contributed by atoms with E-state index in [9.17, 15) is 23.1 Å². The van der Waals surface area contributed by atoms with Crippen molar-refractivity contribution in [1.29, 1.82) is 5.26 Å². The molecule has 2 fully saturated rings. The number of likely N-dealkylation sites (tertiary alicyclic amines) is 1. The first-order valence-corrected chi connectivity index (χ1v) is 18.6. The van der Waals surface area contributed by atoms with E-state index in [1.54, 1.807) is 23.1 Å². The number of rotatable bonds is 8. The standard InChI is InChI=1S/C40H35N3O7S/c41-23-25-12-16-29(17-13-25)51(47,48)42-28-7-5-6-27(22-28)35(26-14-15-26)36-37(44)40(50-38(36)45)18-20-43(21-19-40)39(46)49-24-34-32-10-3-1-8-30(32)31-9-2-4-11-33(31)34/h1-13,16-17,22,26,34-35,42,44H,14-15,18-21,24H2. The Balaban J connectivity index is 0.965. The van der Waals surface area contributed by atoms with Crippen LogP contribution in [0.5, 0.6) is 0 Å². The fraction of sp³-hybridized carbons (Fsp3) is 0.275. The van der Waals surface area contributed by atoms with Crippen LogP contribution >= 0.6 is 0 Å². The van der Waals surface area contributed by atoms with Gasteiger partial charge < -0.3 is 19.5 Å². The number of nitrogens with zero attached hydrogens (tertiary/aromatic N) is 2. The average Bonchev–Trinajstić information content (AvgIpc) is 3.90. The maximum Gasteiger partial charge on any atom is 0.409 e. The molecule has 1 atom stereocenters. The van der Waals surface area contributed by atoms with Gasteiger partial charge in [-0.1, -0.05) is 60.7 Å². The Labute approximate surface area is 296 Å². The summed E-state index contributed by atoms with van der Waals surface area (Å²) in [5.41, 5.74) is 4.84. The molecule has 4 aromatic rings. The first-order valence-electron chi connectivity index (χ1n) is 17.1. The summed E-state index contributed by atoms with van der Waals surface area (Å²) in [5, 5.41) is 20.8. The lowest BCUT2D eigenvalue weighted by Crippen LogP contribution is -2.48. The lowest BCUT2D eigenvalue weighted by Gasteiger charge is -2.37. The molecule has 2 aliphatic heterocycles. The molecule has 1 saturated carbocycles. The van der Waals surface area contributed by atoms with Crippen LogP contribution in [0.3, 0.4) is 0 Å². The minimum atomic E-state index is -3.95. The van der Waals surface area contributed by atoms with Gasteiger partial charge in [0.15, 0.2) is 5.60 Å². The summed E-state index contributed by atoms with van der Waals surface area (Å²) in [6.07, 6.45) is 1.69. The summed E-state index contributed by atoms with van der Waals surface area (Å²) in [6.45, 7) is 0.675. The third kappa shape index (κ3) is 5.89. The quantitative estimate of drug-likeness (QED) is 0.187. The van der Waals surface area contributed by atoms with Crippen molar-refractivity contribution >= 4 is 27.8 Å². The predicted molar refractivity (Wildman–Crippen MR) is 188 cm³/mol. The number of aliphatic hydroxyl groups excluding tert-OH is 1. The number of hydrogen-bond donors (Lipinski definition) is 2. The zero-order valence-electron chi connectivity index (χ0n) is 27.6. The number of nitriles is 1. The molecule has 8 rings (SSSR count). The molecule has 258 valence electrons. The second kappa shape index (κ2) is 12.6. The van der Waals surface area contributed by atoms with Crippen LogP contribution in [0.2, 0.25) is 0 Å². The van der Waals surface area contributed by atoms with Gasteiger partial charge in [-0.15, -0.1) is 0 Å². The maximum atomic E-state index is 13.5. The summed E-state index contributed by atoms with van der Waals surface area (Å²) < 4.78 is 40.6. The number of ether oxygens (including phenoxy) is 2. The number of fused-ring (bicyclic) bond motifs is 3. The molecule has 1 amide bonds. The van der Waals surface area contributed by atoms with E-state index in [1.807, 2.05) is 36.4 Å². The number of anilines is 1. The van der Waals surface area contributed by atoms with Gasteiger partial charge in [-0.2, -0.15) is 5.26 Å². The minimum absolute atomic E-state index is 0.0109. The average molecular weight is 702 g/mol. The zero-order valence-corrected chi connectivity index (χ0v) is 28.4. The molecular weight excluding hydrogens is 667 g/mol. The normalized spacial score (nSPS) is 18.5. The molecule has 1 saturated heterocycles. The van der Waals surface area contributed by atoms with Crippen LogP contribution in [0.1, 0.15) is 59.8 Å². The third-order valence-corrected chi connectivity index (χ3v) is 12.0. The predicted octanol–water partition coefficient (Wildman–Crippen LogP) is 7.01. The highest BCUT2D eigenvalue weighted by molar-refractivity contribution is 7.92. The van der Waals surface area contributed by atoms with Crippen LogP contribution in [0.4, 0.5) is 10.5 Å². The van der Waals surface area contributed by atoms with Crippen molar-refractivity contribution in [3.8, 4) is 17.2 Å². The summed E-state index contributed by atoms with van der Waals surface area (Å²) in [7, 11) is -3.95. The number of sulfonamides is 1. The zero-order chi connectivity index (χ0) is 35.3. The molecule has 0 aromatic heterocycles. The lowest BCUT2D eigenvalue weighted by atomic mass is 9.82. The van der Waals surface area contributed by atoms with Gasteiger partial charge in [-0.05, 0) is 83.0 Å². The van der Waals surface area contributed by atoms with Gasteiger partial charge >= 0.3 is 12.1 Å². The van der Waals surface area contributed by atoms with Gasteiger partial charge in [0.05, 0.1) is 22.1 Å². The Morgan fingerprint density at radius 1 is 0.961 bits per heavy atom. The molecule has 1 unspecified atom stereocenters. The minimum Gasteiger partial charge on any atom is -0.507 e. The summed E-state index contributed by atoms with van der Waals surface area (Å²) >= 11 is 0. The molecule has 11 heteroatoms. The van der Waals surface area contributed by atoms with E-state index in [2.05, 4.69) is 29.0 Å². The monoisotopic (exact) mass is 701 g/mol. The van der Waals surface area contributed by atoms with Crippen LogP contribution in [0, 0.1) is 17.2 Å². The van der Waals surface area contributed by atoms with Crippen molar-refractivity contribution in [1.82, 2.24) is 4.90 Å². The Bertz CT molecular complexity index is 2180. The first-order chi connectivity index (χ1) is 24.7. The van der Waals surface area contributed by atoms with E-state index in [1.165, 1.54) is 24.3 Å². The van der Waals surface area contributed by atoms with Gasteiger partial charge in [0.25, 0.3) is 10.0 Å². The fourth-order valence-corrected chi connectivity index (χ4v) is 8.84. The fourth-order valence-electron chi connectivity index (χ4n) is 7.79. The van der Waals surface area contributed by atoms with Gasteiger partial charge in [0, 0.05) is 43.5 Å². The number of carbonyl (C=O) groups is 2. The molecule has 2 aliphatic carbocycles. The van der Waals surface area contributed by atoms with Crippen LogP contribution in [0.15, 0.2) is 113 Å². The molecule has 2 heterocycles. The molecule has 2 N–H and O–H groups in total. The van der Waals surface area contributed by atoms with Crippen molar-refractivity contribution in [2.75, 3.05) is 24.4 Å². The number of amides is 1. The highest BCUT2D eigenvalue weighted by Crippen LogP contribution is 2.52. The van der Waals surface area contributed by atoms with Gasteiger partial charge in [-0.25, -0.2) is 18.0 Å². The van der Waals surface area contributed by atoms with E-state index in [0.29, 0.717) is 16.8 Å². The van der Waals surface area contributed by atoms with Crippen molar-refractivity contribution < 1.29 is 32.6 Å². The van der Waals surface area contributed by atoms with E-state index in [-0.39, 0.29) is 60.6 Å². The van der Waals surface area contributed by atoms with E-state index < -0.39 is 33.6 Å². The molecule has 0 bridgehead atoms. The molecule has 1 spiro atoms. The smallest absolute Gasteiger partial charge is 0.409 e. The summed E-state index contributed by atoms with van der Waals surface area (Å²) in [6, 6.07) is 30.7. The molecule has 4 aromatic carbocycles. The lowest BCUT2D eigenvalue weighted by molar-refractivity contribution is -0.152. The Morgan fingerprint density at radius 2 is 1.61 bits per heavy atom. The molecular formula is C40H35N3O7S. The molecule has 0 radical (unpaired) electrons. The number of esters is 1. The van der Waals surface area contributed by atoms with Gasteiger partial charge in [-0.3, -0.25) is 4.72 Å². The number of nitrogens with one attached hydrogen (secondary N) is 1. The van der Waals surface area contributed by atoms with Crippen LogP contribution in [-0.2, 0) is 24.3 Å². The highest BCUT2D eigenvalue weighted by Gasteiger charge is 2.54. The number of carbonyl (C=O) groups excluding carboxylic acids is 2. The van der Waals surface area contributed by atoms with Crippen LogP contribution in [-0.4, -0.2) is 55.8 Å². The number of aliphatic hydroxyl groups is 1. The van der Waals surface area contributed by atoms with E-state index >= 15 is 0 Å². The van der Waals surface area contributed by atoms with Crippen LogP contribution in [0.25, 0.3) is 11.1 Å². The SMILES string of the molecule is N#Cc1ccc(S(=O)(=O)Nc2cccc(C(C3=C(O)C4(CCN(C(=O)OCC5c6ccccc6-c6ccccc65)CC4)OC3=O)C3CC3)c2)cc1. The van der Waals surface area contributed by atoms with Crippen molar-refractivity contribution in [3.05, 3.63) is 131 Å². The highest BCUT2D eigenvalue weighted by atomic mass is 32.2. The second-order valence-electron chi connectivity index (χ2n) is 13.6. The van der Waals surface area contributed by atoms with Crippen molar-refractivity contribution in [3.63, 3.8) is 0 Å². The van der Waals surface area contributed by atoms with Crippen molar-refractivity contribution in [2.24, 2.45) is 5.92 Å². The van der Waals surface area contributed by atoms with Gasteiger partial charge in [0.2, 0.25) is 0 Å². The molecule has 4 aliphatic rings. The molecule has 51 heavy (non-hydrogen) atoms. The van der Waals surface area contributed by atoms with Crippen LogP contribution < -0.4 is 4.72 Å². The summed E-state index contributed by atoms with van der Waals surface area (Å²) in [5.74, 6) is -1.18. The largest absolute Gasteiger partial charge is 0.507 e. The summed E-state index contributed by atoms with van der Waals surface area (Å²) in [4.78, 5) is 28.4. The van der Waals surface area contributed by atoms with E-state index in [4.69, 9.17) is 14.7 Å². The third-order valence-electron chi connectivity index (χ3n) is 10.6. The Kier molecular flexibility index (Phi) is 8.07. The second-order valence-corrected chi connectivity index (χ2v) is 15.3. The number of piperidine rings is 1. The number of hydrogen-bond acceptors (Lipinski definition) is 8. The van der Waals surface area contributed by atoms with Gasteiger partial charge in [0.1, 0.15) is 12.4 Å².